The molecule has 0 aromatic heterocycles. The molecule has 0 aromatic carbocycles. The molecule has 0 aliphatic rings. The van der Waals surface area contributed by atoms with E-state index in [1.807, 2.05) is 19.9 Å². The average Bonchev–Trinajstić information content (AvgIpc) is 2.01. The van der Waals surface area contributed by atoms with Crippen molar-refractivity contribution in [1.82, 2.24) is 0 Å². The van der Waals surface area contributed by atoms with Crippen molar-refractivity contribution in [2.24, 2.45) is 0 Å². The number of allylic oxidation sites excluding steroid dienone is 1. The van der Waals surface area contributed by atoms with Gasteiger partial charge >= 0.3 is 0 Å². The fourth-order valence-electron chi connectivity index (χ4n) is 0.706. The molecule has 11 heavy (non-hydrogen) atoms. The van der Waals surface area contributed by atoms with Gasteiger partial charge in [-0.15, -0.1) is 0 Å². The van der Waals surface area contributed by atoms with E-state index in [-0.39, 0.29) is 0 Å². The average molecular weight is 174 g/mol. The molecule has 0 bridgehead atoms. The summed E-state index contributed by atoms with van der Waals surface area (Å²) in [4.78, 5) is 0. The normalized spacial score (nSPS) is 9.27. The Kier molecular flexibility index (Phi) is 7.35. The van der Waals surface area contributed by atoms with Crippen LogP contribution in [0.3, 0.4) is 0 Å². The summed E-state index contributed by atoms with van der Waals surface area (Å²) < 4.78 is 10.5. The predicted molar refractivity (Wildman–Crippen MR) is 50.7 cm³/mol. The van der Waals surface area contributed by atoms with E-state index in [9.17, 15) is 0 Å². The van der Waals surface area contributed by atoms with Crippen LogP contribution in [0.2, 0.25) is 6.04 Å². The zero-order chi connectivity index (χ0) is 8.53. The van der Waals surface area contributed by atoms with Gasteiger partial charge in [0.15, 0.2) is 0 Å². The van der Waals surface area contributed by atoms with Crippen molar-refractivity contribution in [2.75, 3.05) is 13.2 Å². The van der Waals surface area contributed by atoms with Crippen LogP contribution < -0.4 is 0 Å². The highest BCUT2D eigenvalue weighted by molar-refractivity contribution is 6.08. The van der Waals surface area contributed by atoms with Gasteiger partial charge in [-0.1, -0.05) is 6.04 Å². The van der Waals surface area contributed by atoms with Gasteiger partial charge in [-0.2, -0.15) is 0 Å². The van der Waals surface area contributed by atoms with Crippen molar-refractivity contribution in [3.8, 4) is 0 Å². The Bertz CT molecular complexity index is 105. The van der Waals surface area contributed by atoms with Crippen LogP contribution in [-0.2, 0) is 9.47 Å². The first-order valence-corrected chi connectivity index (χ1v) is 5.72. The molecule has 0 radical (unpaired) electrons. The molecule has 66 valence electrons. The van der Waals surface area contributed by atoms with Gasteiger partial charge in [0, 0.05) is 10.2 Å². The van der Waals surface area contributed by atoms with E-state index in [1.165, 1.54) is 16.3 Å². The minimum Gasteiger partial charge on any atom is -0.466 e. The third-order valence-electron chi connectivity index (χ3n) is 1.17. The van der Waals surface area contributed by atoms with Crippen molar-refractivity contribution in [3.63, 3.8) is 0 Å². The number of rotatable bonds is 6. The molecule has 0 saturated heterocycles. The monoisotopic (exact) mass is 174 g/mol. The molecule has 0 aromatic rings. The fraction of sp³-hybridized carbons (Fsp3) is 0.750. The Morgan fingerprint density at radius 3 is 2.18 bits per heavy atom. The number of hydrogen-bond acceptors (Lipinski definition) is 2. The number of ether oxygens (including phenoxy) is 2. The van der Waals surface area contributed by atoms with Crippen molar-refractivity contribution >= 4 is 10.2 Å². The van der Waals surface area contributed by atoms with Crippen LogP contribution in [0.15, 0.2) is 12.0 Å². The Labute approximate surface area is 72.0 Å². The molecule has 0 atom stereocenters. The third kappa shape index (κ3) is 5.98. The molecule has 0 N–H and O–H groups in total. The highest BCUT2D eigenvalue weighted by atomic mass is 28.1. The molecule has 2 nitrogen and oxygen atoms in total. The van der Waals surface area contributed by atoms with Gasteiger partial charge in [-0.3, -0.25) is 0 Å². The summed E-state index contributed by atoms with van der Waals surface area (Å²) in [5.74, 6) is 0.700. The lowest BCUT2D eigenvalue weighted by atomic mass is 10.4. The molecule has 0 spiro atoms. The molecule has 0 fully saturated rings. The lowest BCUT2D eigenvalue weighted by Gasteiger charge is -2.07. The lowest BCUT2D eigenvalue weighted by Crippen LogP contribution is -1.97. The van der Waals surface area contributed by atoms with Crippen molar-refractivity contribution in [2.45, 2.75) is 26.3 Å². The van der Waals surface area contributed by atoms with Crippen molar-refractivity contribution < 1.29 is 9.47 Å². The summed E-state index contributed by atoms with van der Waals surface area (Å²) >= 11 is 0. The molecule has 3 heteroatoms. The zero-order valence-electron chi connectivity index (χ0n) is 7.72. The summed E-state index contributed by atoms with van der Waals surface area (Å²) in [5, 5.41) is 0. The highest BCUT2D eigenvalue weighted by Crippen LogP contribution is 2.02. The van der Waals surface area contributed by atoms with Gasteiger partial charge in [0.05, 0.1) is 13.2 Å². The van der Waals surface area contributed by atoms with Gasteiger partial charge in [0.2, 0.25) is 0 Å². The predicted octanol–water partition coefficient (Wildman–Crippen LogP) is 1.07. The van der Waals surface area contributed by atoms with Gasteiger partial charge in [-0.05, 0) is 26.3 Å². The summed E-state index contributed by atoms with van der Waals surface area (Å²) in [6, 6.07) is 1.27. The smallest absolute Gasteiger partial charge is 0.274 e. The van der Waals surface area contributed by atoms with Crippen LogP contribution in [0.25, 0.3) is 0 Å². The second-order valence-corrected chi connectivity index (χ2v) is 3.18. The Morgan fingerprint density at radius 2 is 1.82 bits per heavy atom. The van der Waals surface area contributed by atoms with Gasteiger partial charge < -0.3 is 9.47 Å². The SMILES string of the molecule is CCOC(=CCC[SiH3])OCC. The van der Waals surface area contributed by atoms with E-state index in [2.05, 4.69) is 0 Å². The first-order chi connectivity index (χ1) is 5.35. The maximum Gasteiger partial charge on any atom is 0.274 e. The molecule has 0 amide bonds. The molecule has 0 saturated carbocycles. The van der Waals surface area contributed by atoms with Crippen LogP contribution in [0, 0.1) is 0 Å². The quantitative estimate of drug-likeness (QED) is 0.443. The summed E-state index contributed by atoms with van der Waals surface area (Å²) in [5.41, 5.74) is 0. The second-order valence-electron chi connectivity index (χ2n) is 2.18. The highest BCUT2D eigenvalue weighted by Gasteiger charge is 1.93. The van der Waals surface area contributed by atoms with Gasteiger partial charge in [-0.25, -0.2) is 0 Å². The van der Waals surface area contributed by atoms with Crippen LogP contribution in [0.4, 0.5) is 0 Å². The Hall–Kier alpha value is -0.443. The minimum atomic E-state index is 0.687. The van der Waals surface area contributed by atoms with Crippen LogP contribution >= 0.6 is 0 Å². The maximum atomic E-state index is 5.24. The Morgan fingerprint density at radius 1 is 1.27 bits per heavy atom. The molecule has 0 heterocycles. The van der Waals surface area contributed by atoms with E-state index >= 15 is 0 Å². The van der Waals surface area contributed by atoms with E-state index in [4.69, 9.17) is 9.47 Å². The molecular weight excluding hydrogens is 156 g/mol. The third-order valence-corrected chi connectivity index (χ3v) is 1.75. The van der Waals surface area contributed by atoms with Gasteiger partial charge in [0.1, 0.15) is 0 Å². The molecule has 0 unspecified atom stereocenters. The van der Waals surface area contributed by atoms with Crippen LogP contribution in [-0.4, -0.2) is 23.5 Å². The van der Waals surface area contributed by atoms with Crippen molar-refractivity contribution in [1.29, 1.82) is 0 Å². The fourth-order valence-corrected chi connectivity index (χ4v) is 0.995. The lowest BCUT2D eigenvalue weighted by molar-refractivity contribution is 0.0456. The molecular formula is C8H18O2Si. The van der Waals surface area contributed by atoms with Crippen LogP contribution in [0.1, 0.15) is 20.3 Å². The standard InChI is InChI=1S/C8H18O2Si/c1-3-9-8(10-4-2)6-5-7-11/h6H,3-5,7H2,1-2,11H3. The molecule has 0 aliphatic heterocycles. The number of hydrogen-bond donors (Lipinski definition) is 0. The summed E-state index contributed by atoms with van der Waals surface area (Å²) in [6.45, 7) is 5.31. The largest absolute Gasteiger partial charge is 0.466 e. The van der Waals surface area contributed by atoms with Gasteiger partial charge in [0.25, 0.3) is 5.95 Å². The first-order valence-electron chi connectivity index (χ1n) is 4.30. The summed E-state index contributed by atoms with van der Waals surface area (Å²) in [7, 11) is 1.25. The van der Waals surface area contributed by atoms with E-state index in [0.29, 0.717) is 19.2 Å². The van der Waals surface area contributed by atoms with Crippen molar-refractivity contribution in [3.05, 3.63) is 12.0 Å². The molecule has 0 aliphatic carbocycles. The Balaban J connectivity index is 3.66. The second kappa shape index (κ2) is 7.66. The maximum absolute atomic E-state index is 5.24. The zero-order valence-corrected chi connectivity index (χ0v) is 9.72. The van der Waals surface area contributed by atoms with Crippen LogP contribution in [0.5, 0.6) is 0 Å². The van der Waals surface area contributed by atoms with E-state index in [1.54, 1.807) is 0 Å². The minimum absolute atomic E-state index is 0.687. The van der Waals surface area contributed by atoms with E-state index in [0.717, 1.165) is 6.42 Å². The van der Waals surface area contributed by atoms with E-state index < -0.39 is 0 Å². The first kappa shape index (κ1) is 10.6. The molecule has 0 rings (SSSR count). The topological polar surface area (TPSA) is 18.5 Å². The summed E-state index contributed by atoms with van der Waals surface area (Å²) in [6.07, 6.45) is 3.11.